The number of aromatic nitrogens is 1. The summed E-state index contributed by atoms with van der Waals surface area (Å²) in [5.74, 6) is -4.14. The predicted octanol–water partition coefficient (Wildman–Crippen LogP) is 4.05. The number of hydrogen-bond acceptors (Lipinski definition) is 6. The molecule has 0 spiro atoms. The van der Waals surface area contributed by atoms with Crippen molar-refractivity contribution in [1.82, 2.24) is 20.7 Å². The largest absolute Gasteiger partial charge is 0.452 e. The number of halogens is 3. The summed E-state index contributed by atoms with van der Waals surface area (Å²) in [7, 11) is 0. The molecule has 1 aliphatic rings. The third-order valence-corrected chi connectivity index (χ3v) is 7.48. The zero-order chi connectivity index (χ0) is 30.8. The SMILES string of the molecule is Cc1noc(C)c1C(=O)N[C@H](C(=O)N1CCC[C@H]1C(=O)N[C@@H](Cc1ccc2ccccc2c1)C(=O)C(F)(F)F)C(C)C. The number of amides is 3. The van der Waals surface area contributed by atoms with Gasteiger partial charge in [-0.1, -0.05) is 61.5 Å². The summed E-state index contributed by atoms with van der Waals surface area (Å²) in [6, 6.07) is 8.31. The summed E-state index contributed by atoms with van der Waals surface area (Å²) < 4.78 is 45.7. The van der Waals surface area contributed by atoms with Gasteiger partial charge in [0.05, 0.1) is 5.69 Å². The molecular formula is C30H33F3N4O5. The van der Waals surface area contributed by atoms with Crippen molar-refractivity contribution in [3.63, 3.8) is 0 Å². The van der Waals surface area contributed by atoms with Gasteiger partial charge in [0.25, 0.3) is 11.7 Å². The van der Waals surface area contributed by atoms with Crippen LogP contribution in [0.15, 0.2) is 47.0 Å². The van der Waals surface area contributed by atoms with Gasteiger partial charge in [-0.15, -0.1) is 0 Å². The van der Waals surface area contributed by atoms with E-state index in [0.29, 0.717) is 17.7 Å². The van der Waals surface area contributed by atoms with Crippen LogP contribution in [0.5, 0.6) is 0 Å². The average molecular weight is 587 g/mol. The van der Waals surface area contributed by atoms with Crippen molar-refractivity contribution in [2.24, 2.45) is 5.92 Å². The van der Waals surface area contributed by atoms with Crippen molar-refractivity contribution in [3.8, 4) is 0 Å². The smallest absolute Gasteiger partial charge is 0.361 e. The van der Waals surface area contributed by atoms with Crippen LogP contribution < -0.4 is 10.6 Å². The average Bonchev–Trinajstić information content (AvgIpc) is 3.56. The fourth-order valence-corrected chi connectivity index (χ4v) is 5.29. The molecule has 4 rings (SSSR count). The molecule has 42 heavy (non-hydrogen) atoms. The van der Waals surface area contributed by atoms with Crippen LogP contribution in [0.1, 0.15) is 54.1 Å². The molecule has 3 amide bonds. The Morgan fingerprint density at radius 1 is 1.05 bits per heavy atom. The number of likely N-dealkylation sites (tertiary alicyclic amines) is 1. The molecule has 224 valence electrons. The Balaban J connectivity index is 1.53. The van der Waals surface area contributed by atoms with Gasteiger partial charge in [0, 0.05) is 13.0 Å². The van der Waals surface area contributed by atoms with Crippen molar-refractivity contribution in [2.45, 2.75) is 71.3 Å². The van der Waals surface area contributed by atoms with Crippen LogP contribution in [0.4, 0.5) is 13.2 Å². The topological polar surface area (TPSA) is 122 Å². The fraction of sp³-hybridized carbons (Fsp3) is 0.433. The molecule has 0 aliphatic carbocycles. The summed E-state index contributed by atoms with van der Waals surface area (Å²) in [5.41, 5.74) is 0.995. The van der Waals surface area contributed by atoms with Crippen molar-refractivity contribution in [2.75, 3.05) is 6.54 Å². The number of aryl methyl sites for hydroxylation is 2. The van der Waals surface area contributed by atoms with Crippen molar-refractivity contribution < 1.29 is 36.9 Å². The molecule has 1 aliphatic heterocycles. The molecule has 3 aromatic rings. The zero-order valence-corrected chi connectivity index (χ0v) is 23.7. The van der Waals surface area contributed by atoms with Gasteiger partial charge in [-0.2, -0.15) is 13.2 Å². The number of benzene rings is 2. The third kappa shape index (κ3) is 6.63. The summed E-state index contributed by atoms with van der Waals surface area (Å²) in [5, 5.41) is 10.4. The van der Waals surface area contributed by atoms with Gasteiger partial charge in [0.15, 0.2) is 0 Å². The second-order valence-corrected chi connectivity index (χ2v) is 10.9. The summed E-state index contributed by atoms with van der Waals surface area (Å²) >= 11 is 0. The standard InChI is InChI=1S/C30H33F3N4O5/c1-16(2)25(35-28(40)24-17(3)36-42-18(24)4)29(41)37-13-7-10-23(37)27(39)34-22(26(38)30(31,32)33)15-19-11-12-20-8-5-6-9-21(20)14-19/h5-6,8-9,11-12,14,16,22-23,25H,7,10,13,15H2,1-4H3,(H,34,39)(H,35,40)/t22-,23-,25-/m0/s1. The number of hydrogen-bond donors (Lipinski definition) is 2. The first-order valence-corrected chi connectivity index (χ1v) is 13.7. The number of nitrogens with one attached hydrogen (secondary N) is 2. The minimum Gasteiger partial charge on any atom is -0.361 e. The van der Waals surface area contributed by atoms with Crippen molar-refractivity contribution in [1.29, 1.82) is 0 Å². The Kier molecular flexibility index (Phi) is 9.03. The van der Waals surface area contributed by atoms with Crippen LogP contribution >= 0.6 is 0 Å². The van der Waals surface area contributed by atoms with E-state index in [9.17, 15) is 32.3 Å². The first kappa shape index (κ1) is 30.7. The molecule has 12 heteroatoms. The van der Waals surface area contributed by atoms with E-state index >= 15 is 0 Å². The lowest BCUT2D eigenvalue weighted by atomic mass is 9.98. The van der Waals surface area contributed by atoms with Crippen LogP contribution in [-0.4, -0.2) is 64.4 Å². The van der Waals surface area contributed by atoms with Gasteiger partial charge in [-0.3, -0.25) is 19.2 Å². The summed E-state index contributed by atoms with van der Waals surface area (Å²) in [6.45, 7) is 6.78. The van der Waals surface area contributed by atoms with E-state index in [4.69, 9.17) is 4.52 Å². The monoisotopic (exact) mass is 586 g/mol. The minimum absolute atomic E-state index is 0.171. The number of fused-ring (bicyclic) bond motifs is 1. The number of alkyl halides is 3. The molecule has 1 aromatic heterocycles. The van der Waals surface area contributed by atoms with Crippen LogP contribution in [0, 0.1) is 19.8 Å². The van der Waals surface area contributed by atoms with E-state index in [2.05, 4.69) is 15.8 Å². The highest BCUT2D eigenvalue weighted by Crippen LogP contribution is 2.25. The fourth-order valence-electron chi connectivity index (χ4n) is 5.29. The van der Waals surface area contributed by atoms with Crippen LogP contribution in [-0.2, 0) is 20.8 Å². The predicted molar refractivity (Wildman–Crippen MR) is 147 cm³/mol. The van der Waals surface area contributed by atoms with E-state index < -0.39 is 47.8 Å². The molecule has 2 N–H and O–H groups in total. The highest BCUT2D eigenvalue weighted by molar-refractivity contribution is 6.00. The molecule has 0 bridgehead atoms. The Labute approximate surface area is 240 Å². The van der Waals surface area contributed by atoms with Crippen LogP contribution in [0.3, 0.4) is 0 Å². The number of carbonyl (C=O) groups excluding carboxylic acids is 4. The van der Waals surface area contributed by atoms with Gasteiger partial charge in [-0.25, -0.2) is 0 Å². The normalized spacial score (nSPS) is 16.9. The number of ketones is 1. The van der Waals surface area contributed by atoms with E-state index in [1.807, 2.05) is 12.1 Å². The second kappa shape index (κ2) is 12.3. The Bertz CT molecular complexity index is 1480. The first-order valence-electron chi connectivity index (χ1n) is 13.7. The Morgan fingerprint density at radius 3 is 2.36 bits per heavy atom. The van der Waals surface area contributed by atoms with Gasteiger partial charge >= 0.3 is 6.18 Å². The highest BCUT2D eigenvalue weighted by atomic mass is 19.4. The van der Waals surface area contributed by atoms with Crippen molar-refractivity contribution in [3.05, 3.63) is 65.0 Å². The number of rotatable bonds is 9. The van der Waals surface area contributed by atoms with E-state index in [1.165, 1.54) is 4.90 Å². The van der Waals surface area contributed by atoms with E-state index in [1.54, 1.807) is 58.0 Å². The molecule has 9 nitrogen and oxygen atoms in total. The number of carbonyl (C=O) groups is 4. The summed E-state index contributed by atoms with van der Waals surface area (Å²) in [4.78, 5) is 53.6. The second-order valence-electron chi connectivity index (χ2n) is 10.9. The van der Waals surface area contributed by atoms with Crippen LogP contribution in [0.2, 0.25) is 0 Å². The maximum Gasteiger partial charge on any atom is 0.452 e. The molecule has 3 atom stereocenters. The molecule has 1 saturated heterocycles. The van der Waals surface area contributed by atoms with Gasteiger partial charge in [0.2, 0.25) is 11.8 Å². The Hall–Kier alpha value is -4.22. The summed E-state index contributed by atoms with van der Waals surface area (Å²) in [6.07, 6.45) is -4.93. The maximum atomic E-state index is 13.6. The van der Waals surface area contributed by atoms with Gasteiger partial charge in [-0.05, 0) is 48.9 Å². The van der Waals surface area contributed by atoms with Gasteiger partial charge in [0.1, 0.15) is 29.4 Å². The lowest BCUT2D eigenvalue weighted by molar-refractivity contribution is -0.173. The Morgan fingerprint density at radius 2 is 1.74 bits per heavy atom. The third-order valence-electron chi connectivity index (χ3n) is 7.48. The van der Waals surface area contributed by atoms with Crippen molar-refractivity contribution >= 4 is 34.3 Å². The molecule has 0 saturated carbocycles. The molecular weight excluding hydrogens is 553 g/mol. The lowest BCUT2D eigenvalue weighted by Gasteiger charge is -2.31. The zero-order valence-electron chi connectivity index (χ0n) is 23.7. The van der Waals surface area contributed by atoms with Crippen LogP contribution in [0.25, 0.3) is 10.8 Å². The lowest BCUT2D eigenvalue weighted by Crippen LogP contribution is -2.57. The minimum atomic E-state index is -5.18. The van der Waals surface area contributed by atoms with E-state index in [-0.39, 0.29) is 36.6 Å². The maximum absolute atomic E-state index is 13.6. The molecule has 0 radical (unpaired) electrons. The van der Waals surface area contributed by atoms with Gasteiger partial charge < -0.3 is 20.1 Å². The quantitative estimate of drug-likeness (QED) is 0.390. The molecule has 2 aromatic carbocycles. The first-order chi connectivity index (χ1) is 19.8. The number of nitrogens with zero attached hydrogens (tertiary/aromatic N) is 2. The van der Waals surface area contributed by atoms with E-state index in [0.717, 1.165) is 10.8 Å². The highest BCUT2D eigenvalue weighted by Gasteiger charge is 2.46. The molecule has 0 unspecified atom stereocenters. The molecule has 2 heterocycles. The number of Topliss-reactive ketones (excluding diaryl/α,β-unsaturated/α-hetero) is 1. The molecule has 1 fully saturated rings.